The topological polar surface area (TPSA) is 75.6 Å². The molecule has 0 spiro atoms. The van der Waals surface area contributed by atoms with Crippen LogP contribution in [0.15, 0.2) is 39.0 Å². The number of benzene rings is 1. The number of aliphatic hydroxyl groups is 1. The fourth-order valence-electron chi connectivity index (χ4n) is 1.70. The summed E-state index contributed by atoms with van der Waals surface area (Å²) >= 11 is 4.41. The van der Waals surface area contributed by atoms with E-state index in [9.17, 15) is 8.42 Å². The number of ether oxygens (including phenoxy) is 1. The van der Waals surface area contributed by atoms with Gasteiger partial charge >= 0.3 is 0 Å². The van der Waals surface area contributed by atoms with Crippen molar-refractivity contribution in [2.75, 3.05) is 7.11 Å². The number of hydrogen-bond donors (Lipinski definition) is 2. The maximum Gasteiger partial charge on any atom is 0.242 e. The van der Waals surface area contributed by atoms with Gasteiger partial charge in [-0.25, -0.2) is 13.1 Å². The van der Waals surface area contributed by atoms with E-state index in [-0.39, 0.29) is 18.0 Å². The zero-order valence-electron chi connectivity index (χ0n) is 11.2. The first kappa shape index (κ1) is 16.4. The third kappa shape index (κ3) is 4.04. The van der Waals surface area contributed by atoms with Gasteiger partial charge in [0.2, 0.25) is 10.0 Å². The molecule has 2 aromatic rings. The summed E-state index contributed by atoms with van der Waals surface area (Å²) in [4.78, 5) is 0.725. The molecule has 8 heteroatoms. The lowest BCUT2D eigenvalue weighted by Gasteiger charge is -2.07. The highest BCUT2D eigenvalue weighted by atomic mass is 79.9. The van der Waals surface area contributed by atoms with Crippen molar-refractivity contribution in [3.63, 3.8) is 0 Å². The SMILES string of the molecule is COc1cccc(CNS(=O)(=O)c2cc(CO)sc2Br)c1. The molecule has 114 valence electrons. The number of aliphatic hydroxyl groups excluding tert-OH is 1. The Morgan fingerprint density at radius 3 is 2.76 bits per heavy atom. The second kappa shape index (κ2) is 6.89. The Balaban J connectivity index is 2.15. The van der Waals surface area contributed by atoms with Crippen LogP contribution in [0.2, 0.25) is 0 Å². The minimum Gasteiger partial charge on any atom is -0.497 e. The number of nitrogens with one attached hydrogen (secondary N) is 1. The van der Waals surface area contributed by atoms with Crippen molar-refractivity contribution in [2.24, 2.45) is 0 Å². The first-order valence-electron chi connectivity index (χ1n) is 5.98. The Labute approximate surface area is 135 Å². The molecule has 0 radical (unpaired) electrons. The highest BCUT2D eigenvalue weighted by Crippen LogP contribution is 2.31. The number of halogens is 1. The summed E-state index contributed by atoms with van der Waals surface area (Å²) in [5.74, 6) is 0.672. The third-order valence-corrected chi connectivity index (χ3v) is 6.39. The largest absolute Gasteiger partial charge is 0.497 e. The Bertz CT molecular complexity index is 728. The number of hydrogen-bond acceptors (Lipinski definition) is 5. The average molecular weight is 392 g/mol. The summed E-state index contributed by atoms with van der Waals surface area (Å²) < 4.78 is 32.6. The fourth-order valence-corrected chi connectivity index (χ4v) is 5.26. The van der Waals surface area contributed by atoms with Crippen molar-refractivity contribution in [3.05, 3.63) is 44.6 Å². The number of sulfonamides is 1. The maximum atomic E-state index is 12.3. The third-order valence-electron chi connectivity index (χ3n) is 2.75. The molecule has 0 saturated carbocycles. The molecule has 0 aliphatic heterocycles. The monoisotopic (exact) mass is 391 g/mol. The Morgan fingerprint density at radius 2 is 2.14 bits per heavy atom. The molecule has 2 N–H and O–H groups in total. The van der Waals surface area contributed by atoms with Crippen molar-refractivity contribution >= 4 is 37.3 Å². The fraction of sp³-hybridized carbons (Fsp3) is 0.231. The molecule has 5 nitrogen and oxygen atoms in total. The van der Waals surface area contributed by atoms with E-state index in [1.807, 2.05) is 6.07 Å². The van der Waals surface area contributed by atoms with Crippen LogP contribution in [0.3, 0.4) is 0 Å². The summed E-state index contributed by atoms with van der Waals surface area (Å²) in [6.45, 7) is -0.0229. The molecule has 1 heterocycles. The predicted octanol–water partition coefficient (Wildman–Crippen LogP) is 2.49. The second-order valence-electron chi connectivity index (χ2n) is 4.18. The molecular formula is C13H14BrNO4S2. The minimum atomic E-state index is -3.64. The second-order valence-corrected chi connectivity index (χ2v) is 8.37. The molecule has 2 rings (SSSR count). The molecule has 0 saturated heterocycles. The van der Waals surface area contributed by atoms with Crippen molar-refractivity contribution in [3.8, 4) is 5.75 Å². The molecule has 1 aromatic carbocycles. The number of rotatable bonds is 6. The molecule has 0 amide bonds. The molecule has 0 fully saturated rings. The maximum absolute atomic E-state index is 12.3. The summed E-state index contributed by atoms with van der Waals surface area (Å²) in [5.41, 5.74) is 0.798. The van der Waals surface area contributed by atoms with E-state index in [0.717, 1.165) is 5.56 Å². The number of methoxy groups -OCH3 is 1. The van der Waals surface area contributed by atoms with Crippen LogP contribution in [0.5, 0.6) is 5.75 Å². The lowest BCUT2D eigenvalue weighted by Crippen LogP contribution is -2.23. The zero-order valence-corrected chi connectivity index (χ0v) is 14.4. The van der Waals surface area contributed by atoms with E-state index in [0.29, 0.717) is 14.4 Å². The van der Waals surface area contributed by atoms with E-state index in [4.69, 9.17) is 9.84 Å². The molecule has 0 aliphatic carbocycles. The average Bonchev–Trinajstić information content (AvgIpc) is 2.87. The lowest BCUT2D eigenvalue weighted by molar-refractivity contribution is 0.285. The summed E-state index contributed by atoms with van der Waals surface area (Å²) in [6, 6.07) is 8.63. The van der Waals surface area contributed by atoms with Crippen LogP contribution in [0.25, 0.3) is 0 Å². The van der Waals surface area contributed by atoms with Gasteiger partial charge in [-0.2, -0.15) is 0 Å². The van der Waals surface area contributed by atoms with Gasteiger partial charge in [-0.1, -0.05) is 12.1 Å². The minimum absolute atomic E-state index is 0.138. The molecule has 21 heavy (non-hydrogen) atoms. The standard InChI is InChI=1S/C13H14BrNO4S2/c1-19-10-4-2-3-9(5-10)7-15-21(17,18)12-6-11(8-16)20-13(12)14/h2-6,15-16H,7-8H2,1H3. The van der Waals surface area contributed by atoms with Gasteiger partial charge in [-0.05, 0) is 39.7 Å². The van der Waals surface area contributed by atoms with Crippen LogP contribution < -0.4 is 9.46 Å². The van der Waals surface area contributed by atoms with Crippen molar-refractivity contribution in [1.82, 2.24) is 4.72 Å². The first-order chi connectivity index (χ1) is 9.96. The number of thiophene rings is 1. The van der Waals surface area contributed by atoms with Gasteiger partial charge in [0.25, 0.3) is 0 Å². The Morgan fingerprint density at radius 1 is 1.38 bits per heavy atom. The van der Waals surface area contributed by atoms with Crippen LogP contribution in [-0.2, 0) is 23.2 Å². The summed E-state index contributed by atoms with van der Waals surface area (Å²) in [6.07, 6.45) is 0. The van der Waals surface area contributed by atoms with Crippen LogP contribution in [0, 0.1) is 0 Å². The van der Waals surface area contributed by atoms with Gasteiger partial charge in [-0.15, -0.1) is 11.3 Å². The smallest absolute Gasteiger partial charge is 0.242 e. The lowest BCUT2D eigenvalue weighted by atomic mass is 10.2. The van der Waals surface area contributed by atoms with Gasteiger partial charge in [0.1, 0.15) is 10.6 Å². The molecule has 0 aliphatic rings. The van der Waals surface area contributed by atoms with E-state index in [1.54, 1.807) is 25.3 Å². The van der Waals surface area contributed by atoms with Crippen molar-refractivity contribution in [1.29, 1.82) is 0 Å². The van der Waals surface area contributed by atoms with Gasteiger partial charge < -0.3 is 9.84 Å². The molecule has 0 bridgehead atoms. The van der Waals surface area contributed by atoms with Crippen LogP contribution in [0.4, 0.5) is 0 Å². The highest BCUT2D eigenvalue weighted by molar-refractivity contribution is 9.11. The molecular weight excluding hydrogens is 378 g/mol. The predicted molar refractivity (Wildman–Crippen MR) is 85.0 cm³/mol. The quantitative estimate of drug-likeness (QED) is 0.792. The van der Waals surface area contributed by atoms with Crippen LogP contribution in [0.1, 0.15) is 10.4 Å². The van der Waals surface area contributed by atoms with E-state index in [2.05, 4.69) is 20.7 Å². The molecule has 0 atom stereocenters. The van der Waals surface area contributed by atoms with Gasteiger partial charge in [0, 0.05) is 11.4 Å². The van der Waals surface area contributed by atoms with Crippen LogP contribution in [-0.4, -0.2) is 20.6 Å². The highest BCUT2D eigenvalue weighted by Gasteiger charge is 2.20. The van der Waals surface area contributed by atoms with Gasteiger partial charge in [-0.3, -0.25) is 0 Å². The normalized spacial score (nSPS) is 11.6. The van der Waals surface area contributed by atoms with E-state index < -0.39 is 10.0 Å². The van der Waals surface area contributed by atoms with E-state index in [1.165, 1.54) is 17.4 Å². The van der Waals surface area contributed by atoms with Gasteiger partial charge in [0.15, 0.2) is 0 Å². The van der Waals surface area contributed by atoms with E-state index >= 15 is 0 Å². The van der Waals surface area contributed by atoms with Crippen LogP contribution >= 0.6 is 27.3 Å². The van der Waals surface area contributed by atoms with Gasteiger partial charge in [0.05, 0.1) is 17.5 Å². The Kier molecular flexibility index (Phi) is 5.39. The summed E-state index contributed by atoms with van der Waals surface area (Å²) in [7, 11) is -2.08. The summed E-state index contributed by atoms with van der Waals surface area (Å²) in [5, 5.41) is 9.07. The molecule has 0 unspecified atom stereocenters. The Hall–Kier alpha value is -0.930. The zero-order chi connectivity index (χ0) is 15.5. The van der Waals surface area contributed by atoms with Crippen molar-refractivity contribution < 1.29 is 18.3 Å². The van der Waals surface area contributed by atoms with Crippen molar-refractivity contribution in [2.45, 2.75) is 18.0 Å². The molecule has 1 aromatic heterocycles. The first-order valence-corrected chi connectivity index (χ1v) is 9.07.